The number of aromatic amines is 2. The lowest BCUT2D eigenvalue weighted by Gasteiger charge is -2.23. The average molecular weight is 578 g/mol. The summed E-state index contributed by atoms with van der Waals surface area (Å²) < 4.78 is 23.0. The molecular formula is C27H21BrFN5O2S. The second kappa shape index (κ2) is 9.70. The number of halogens is 2. The summed E-state index contributed by atoms with van der Waals surface area (Å²) in [6, 6.07) is 20.0. The van der Waals surface area contributed by atoms with E-state index in [1.807, 2.05) is 48.7 Å². The molecule has 37 heavy (non-hydrogen) atoms. The minimum atomic E-state index is -0.612. The summed E-state index contributed by atoms with van der Waals surface area (Å²) in [6.45, 7) is 0.452. The first-order chi connectivity index (χ1) is 17.9. The van der Waals surface area contributed by atoms with Crippen LogP contribution in [0.15, 0.2) is 77.4 Å². The molecule has 6 rings (SSSR count). The van der Waals surface area contributed by atoms with Gasteiger partial charge in [-0.3, -0.25) is 4.79 Å². The molecule has 0 bridgehead atoms. The second-order valence-electron chi connectivity index (χ2n) is 8.82. The topological polar surface area (TPSA) is 78.9 Å². The minimum absolute atomic E-state index is 0.0130. The highest BCUT2D eigenvalue weighted by Crippen LogP contribution is 2.35. The summed E-state index contributed by atoms with van der Waals surface area (Å²) >= 11 is 8.65. The van der Waals surface area contributed by atoms with Crippen molar-refractivity contribution in [3.05, 3.63) is 99.1 Å². The fourth-order valence-electron chi connectivity index (χ4n) is 4.56. The van der Waals surface area contributed by atoms with Gasteiger partial charge in [-0.1, -0.05) is 22.0 Å². The number of amides is 1. The lowest BCUT2D eigenvalue weighted by molar-refractivity contribution is -0.128. The minimum Gasteiger partial charge on any atom is -0.344 e. The van der Waals surface area contributed by atoms with Crippen molar-refractivity contribution in [3.8, 4) is 16.9 Å². The lowest BCUT2D eigenvalue weighted by atomic mass is 10.1. The number of aromatic nitrogens is 4. The Labute approximate surface area is 225 Å². The fraction of sp³-hybridized carbons (Fsp3) is 0.148. The summed E-state index contributed by atoms with van der Waals surface area (Å²) in [4.78, 5) is 20.9. The number of carbonyl (C=O) groups is 1. The van der Waals surface area contributed by atoms with Crippen molar-refractivity contribution in [2.75, 3.05) is 13.2 Å². The van der Waals surface area contributed by atoms with E-state index >= 15 is 0 Å². The Bertz CT molecular complexity index is 1660. The van der Waals surface area contributed by atoms with E-state index in [-0.39, 0.29) is 18.3 Å². The van der Waals surface area contributed by atoms with Crippen LogP contribution in [-0.4, -0.2) is 43.7 Å². The molecule has 2 N–H and O–H groups in total. The Morgan fingerprint density at radius 2 is 1.81 bits per heavy atom. The van der Waals surface area contributed by atoms with Gasteiger partial charge in [0, 0.05) is 28.3 Å². The summed E-state index contributed by atoms with van der Waals surface area (Å²) in [5.74, 6) is -0.417. The molecule has 3 aromatic carbocycles. The molecule has 1 atom stereocenters. The number of ether oxygens (including phenoxy) is 1. The van der Waals surface area contributed by atoms with E-state index in [0.29, 0.717) is 23.4 Å². The predicted molar refractivity (Wildman–Crippen MR) is 144 cm³/mol. The van der Waals surface area contributed by atoms with Gasteiger partial charge in [-0.15, -0.1) is 0 Å². The molecule has 3 heterocycles. The van der Waals surface area contributed by atoms with Gasteiger partial charge in [0.05, 0.1) is 16.7 Å². The van der Waals surface area contributed by atoms with Crippen LogP contribution in [0.3, 0.4) is 0 Å². The number of H-pyrrole nitrogens is 2. The number of nitrogens with one attached hydrogen (secondary N) is 2. The zero-order chi connectivity index (χ0) is 25.5. The zero-order valence-electron chi connectivity index (χ0n) is 19.4. The van der Waals surface area contributed by atoms with Crippen LogP contribution in [0, 0.1) is 10.6 Å². The van der Waals surface area contributed by atoms with Crippen LogP contribution in [0.1, 0.15) is 17.4 Å². The third-order valence-electron chi connectivity index (χ3n) is 6.41. The SMILES string of the molecule is O=C1COC(c2cn(-c3ccc(Br)cc3)nc2-c2ccc(F)cc2)N1CCc1ccc2[nH]c(=S)[nH]c2c1. The van der Waals surface area contributed by atoms with Crippen molar-refractivity contribution >= 4 is 45.1 Å². The van der Waals surface area contributed by atoms with E-state index in [4.69, 9.17) is 22.1 Å². The maximum absolute atomic E-state index is 13.7. The molecule has 1 saturated heterocycles. The third-order valence-corrected chi connectivity index (χ3v) is 7.14. The van der Waals surface area contributed by atoms with Crippen molar-refractivity contribution in [2.24, 2.45) is 0 Å². The van der Waals surface area contributed by atoms with Gasteiger partial charge in [-0.2, -0.15) is 5.10 Å². The summed E-state index contributed by atoms with van der Waals surface area (Å²) in [6.07, 6.45) is 1.91. The number of rotatable bonds is 6. The Morgan fingerprint density at radius 3 is 2.59 bits per heavy atom. The van der Waals surface area contributed by atoms with Gasteiger partial charge in [0.15, 0.2) is 11.0 Å². The van der Waals surface area contributed by atoms with Crippen LogP contribution in [0.5, 0.6) is 0 Å². The van der Waals surface area contributed by atoms with Gasteiger partial charge >= 0.3 is 0 Å². The van der Waals surface area contributed by atoms with E-state index in [2.05, 4.69) is 25.9 Å². The molecule has 0 radical (unpaired) electrons. The van der Waals surface area contributed by atoms with Gasteiger partial charge in [0.1, 0.15) is 18.1 Å². The molecule has 0 aliphatic carbocycles. The van der Waals surface area contributed by atoms with Crippen LogP contribution in [0.4, 0.5) is 4.39 Å². The standard InChI is InChI=1S/C27H21BrFN5O2S/c28-18-4-8-20(9-5-18)34-14-21(25(32-34)17-2-6-19(29)7-3-17)26-33(24(35)15-36-26)12-11-16-1-10-22-23(13-16)31-27(37)30-22/h1-10,13-14,26H,11-12,15H2,(H2,30,31,37). The molecular weight excluding hydrogens is 557 g/mol. The highest BCUT2D eigenvalue weighted by molar-refractivity contribution is 9.10. The van der Waals surface area contributed by atoms with E-state index in [0.717, 1.165) is 37.9 Å². The first-order valence-electron chi connectivity index (χ1n) is 11.7. The number of imidazole rings is 1. The molecule has 1 aliphatic rings. The quantitative estimate of drug-likeness (QED) is 0.240. The van der Waals surface area contributed by atoms with Crippen molar-refractivity contribution < 1.29 is 13.9 Å². The number of nitrogens with zero attached hydrogens (tertiary/aromatic N) is 3. The molecule has 1 fully saturated rings. The van der Waals surface area contributed by atoms with Crippen molar-refractivity contribution in [1.82, 2.24) is 24.6 Å². The van der Waals surface area contributed by atoms with Crippen molar-refractivity contribution in [1.29, 1.82) is 0 Å². The predicted octanol–water partition coefficient (Wildman–Crippen LogP) is 6.08. The van der Waals surface area contributed by atoms with E-state index in [9.17, 15) is 9.18 Å². The Hall–Kier alpha value is -3.60. The average Bonchev–Trinajstić information content (AvgIpc) is 3.59. The monoisotopic (exact) mass is 577 g/mol. The van der Waals surface area contributed by atoms with Crippen molar-refractivity contribution in [3.63, 3.8) is 0 Å². The van der Waals surface area contributed by atoms with Gasteiger partial charge in [0.2, 0.25) is 0 Å². The first kappa shape index (κ1) is 23.8. The van der Waals surface area contributed by atoms with Gasteiger partial charge in [0.25, 0.3) is 5.91 Å². The van der Waals surface area contributed by atoms with E-state index in [1.54, 1.807) is 21.7 Å². The van der Waals surface area contributed by atoms with Crippen LogP contribution in [-0.2, 0) is 16.0 Å². The highest BCUT2D eigenvalue weighted by Gasteiger charge is 2.36. The molecule has 0 spiro atoms. The molecule has 5 aromatic rings. The number of fused-ring (bicyclic) bond motifs is 1. The molecule has 1 amide bonds. The first-order valence-corrected chi connectivity index (χ1v) is 12.9. The summed E-state index contributed by atoms with van der Waals surface area (Å²) in [5.41, 5.74) is 5.91. The second-order valence-corrected chi connectivity index (χ2v) is 10.1. The van der Waals surface area contributed by atoms with Crippen LogP contribution < -0.4 is 0 Å². The van der Waals surface area contributed by atoms with E-state index < -0.39 is 6.23 Å². The Balaban J connectivity index is 1.34. The zero-order valence-corrected chi connectivity index (χ0v) is 21.9. The van der Waals surface area contributed by atoms with Gasteiger partial charge < -0.3 is 19.6 Å². The maximum atomic E-state index is 13.7. The Morgan fingerprint density at radius 1 is 1.05 bits per heavy atom. The molecule has 7 nitrogen and oxygen atoms in total. The van der Waals surface area contributed by atoms with E-state index in [1.165, 1.54) is 12.1 Å². The number of hydrogen-bond acceptors (Lipinski definition) is 4. The van der Waals surface area contributed by atoms with Crippen molar-refractivity contribution in [2.45, 2.75) is 12.6 Å². The number of benzene rings is 3. The van der Waals surface area contributed by atoms with Gasteiger partial charge in [-0.25, -0.2) is 9.07 Å². The fourth-order valence-corrected chi connectivity index (χ4v) is 5.05. The number of carbonyl (C=O) groups excluding carboxylic acids is 1. The molecule has 1 aliphatic heterocycles. The molecule has 0 saturated carbocycles. The number of hydrogen-bond donors (Lipinski definition) is 2. The third kappa shape index (κ3) is 4.75. The summed E-state index contributed by atoms with van der Waals surface area (Å²) in [5, 5.41) is 4.81. The largest absolute Gasteiger partial charge is 0.344 e. The normalized spacial score (nSPS) is 15.7. The van der Waals surface area contributed by atoms with Crippen LogP contribution >= 0.6 is 28.1 Å². The van der Waals surface area contributed by atoms with Crippen LogP contribution in [0.2, 0.25) is 0 Å². The summed E-state index contributed by atoms with van der Waals surface area (Å²) in [7, 11) is 0. The van der Waals surface area contributed by atoms with Gasteiger partial charge in [-0.05, 0) is 84.9 Å². The molecule has 2 aromatic heterocycles. The molecule has 186 valence electrons. The Kier molecular flexibility index (Phi) is 6.23. The highest BCUT2D eigenvalue weighted by atomic mass is 79.9. The van der Waals surface area contributed by atoms with Crippen LogP contribution in [0.25, 0.3) is 28.0 Å². The molecule has 10 heteroatoms. The maximum Gasteiger partial charge on any atom is 0.250 e. The molecule has 1 unspecified atom stereocenters. The lowest BCUT2D eigenvalue weighted by Crippen LogP contribution is -2.30. The smallest absolute Gasteiger partial charge is 0.250 e.